The molecule has 1 aliphatic heterocycles. The summed E-state index contributed by atoms with van der Waals surface area (Å²) in [6, 6.07) is 7.04. The molecule has 2 aromatic carbocycles. The lowest BCUT2D eigenvalue weighted by atomic mass is 9.94. The number of carbonyl (C=O) groups is 1. The first-order chi connectivity index (χ1) is 10.8. The van der Waals surface area contributed by atoms with Gasteiger partial charge in [-0.2, -0.15) is 13.2 Å². The van der Waals surface area contributed by atoms with Crippen LogP contribution in [0.5, 0.6) is 0 Å². The molecule has 0 N–H and O–H groups in total. The van der Waals surface area contributed by atoms with E-state index in [1.807, 2.05) is 0 Å². The van der Waals surface area contributed by atoms with Crippen LogP contribution in [0, 0.1) is 5.82 Å². The SMILES string of the molecule is O=C1O[C@@H](c2ccccc2C(F)(F)F)c2cc(CCl)c(F)cc21. The Morgan fingerprint density at radius 2 is 1.83 bits per heavy atom. The highest BCUT2D eigenvalue weighted by Crippen LogP contribution is 2.42. The highest BCUT2D eigenvalue weighted by molar-refractivity contribution is 6.17. The Labute approximate surface area is 133 Å². The van der Waals surface area contributed by atoms with E-state index in [4.69, 9.17) is 16.3 Å². The summed E-state index contributed by atoms with van der Waals surface area (Å²) in [5.41, 5.74) is -0.901. The van der Waals surface area contributed by atoms with Crippen LogP contribution in [-0.2, 0) is 16.8 Å². The van der Waals surface area contributed by atoms with Crippen LogP contribution < -0.4 is 0 Å². The van der Waals surface area contributed by atoms with Crippen LogP contribution in [0.1, 0.15) is 38.7 Å². The highest BCUT2D eigenvalue weighted by Gasteiger charge is 2.40. The van der Waals surface area contributed by atoms with E-state index in [1.165, 1.54) is 24.3 Å². The van der Waals surface area contributed by atoms with E-state index in [0.29, 0.717) is 0 Å². The Morgan fingerprint density at radius 1 is 1.13 bits per heavy atom. The molecular weight excluding hydrogens is 336 g/mol. The van der Waals surface area contributed by atoms with Crippen LogP contribution in [0.15, 0.2) is 36.4 Å². The number of esters is 1. The zero-order valence-corrected chi connectivity index (χ0v) is 12.2. The summed E-state index contributed by atoms with van der Waals surface area (Å²) in [6.45, 7) is 0. The van der Waals surface area contributed by atoms with Crippen molar-refractivity contribution in [2.24, 2.45) is 0 Å². The summed E-state index contributed by atoms with van der Waals surface area (Å²) in [6.07, 6.45) is -5.83. The fourth-order valence-electron chi connectivity index (χ4n) is 2.58. The maximum absolute atomic E-state index is 13.7. The highest BCUT2D eigenvalue weighted by atomic mass is 35.5. The average molecular weight is 345 g/mol. The Bertz CT molecular complexity index is 786. The van der Waals surface area contributed by atoms with Gasteiger partial charge >= 0.3 is 12.1 Å². The summed E-state index contributed by atoms with van der Waals surface area (Å²) in [5, 5.41) is 0. The van der Waals surface area contributed by atoms with Crippen LogP contribution in [0.2, 0.25) is 0 Å². The number of cyclic esters (lactones) is 1. The molecule has 0 amide bonds. The van der Waals surface area contributed by atoms with Crippen LogP contribution >= 0.6 is 11.6 Å². The smallest absolute Gasteiger partial charge is 0.416 e. The molecule has 1 aliphatic rings. The Kier molecular flexibility index (Phi) is 3.80. The van der Waals surface area contributed by atoms with E-state index >= 15 is 0 Å². The van der Waals surface area contributed by atoms with Gasteiger partial charge in [-0.05, 0) is 18.2 Å². The van der Waals surface area contributed by atoms with Crippen LogP contribution in [-0.4, -0.2) is 5.97 Å². The molecule has 0 aromatic heterocycles. The van der Waals surface area contributed by atoms with Gasteiger partial charge in [-0.15, -0.1) is 11.6 Å². The van der Waals surface area contributed by atoms with Gasteiger partial charge in [0.05, 0.1) is 17.0 Å². The minimum atomic E-state index is -4.60. The molecule has 2 nitrogen and oxygen atoms in total. The molecular formula is C16H9ClF4O2. The minimum absolute atomic E-state index is 0.0849. The molecule has 1 heterocycles. The summed E-state index contributed by atoms with van der Waals surface area (Å²) < 4.78 is 58.3. The summed E-state index contributed by atoms with van der Waals surface area (Å²) in [5.74, 6) is -1.72. The van der Waals surface area contributed by atoms with E-state index in [2.05, 4.69) is 0 Å². The number of ether oxygens (including phenoxy) is 1. The van der Waals surface area contributed by atoms with Crippen molar-refractivity contribution < 1.29 is 27.1 Å². The van der Waals surface area contributed by atoms with Crippen molar-refractivity contribution in [1.82, 2.24) is 0 Å². The number of carbonyl (C=O) groups excluding carboxylic acids is 1. The number of alkyl halides is 4. The van der Waals surface area contributed by atoms with Gasteiger partial charge < -0.3 is 4.74 Å². The third-order valence-corrected chi connectivity index (χ3v) is 3.93. The minimum Gasteiger partial charge on any atom is -0.449 e. The molecule has 0 unspecified atom stereocenters. The number of fused-ring (bicyclic) bond motifs is 1. The van der Waals surface area contributed by atoms with Crippen LogP contribution in [0.3, 0.4) is 0 Å². The predicted molar refractivity (Wildman–Crippen MR) is 74.7 cm³/mol. The lowest BCUT2D eigenvalue weighted by molar-refractivity contribution is -0.139. The lowest BCUT2D eigenvalue weighted by Gasteiger charge is -2.18. The van der Waals surface area contributed by atoms with Gasteiger partial charge in [-0.25, -0.2) is 9.18 Å². The molecule has 0 radical (unpaired) electrons. The normalized spacial score (nSPS) is 17.1. The lowest BCUT2D eigenvalue weighted by Crippen LogP contribution is -2.13. The molecule has 0 fully saturated rings. The van der Waals surface area contributed by atoms with Gasteiger partial charge in [-0.3, -0.25) is 0 Å². The van der Waals surface area contributed by atoms with Crippen molar-refractivity contribution in [3.8, 4) is 0 Å². The molecule has 0 saturated carbocycles. The average Bonchev–Trinajstić information content (AvgIpc) is 2.82. The molecule has 3 rings (SSSR count). The van der Waals surface area contributed by atoms with Crippen molar-refractivity contribution >= 4 is 17.6 Å². The number of benzene rings is 2. The Morgan fingerprint density at radius 3 is 2.48 bits per heavy atom. The van der Waals surface area contributed by atoms with E-state index in [1.54, 1.807) is 0 Å². The maximum Gasteiger partial charge on any atom is 0.416 e. The van der Waals surface area contributed by atoms with Gasteiger partial charge in [-0.1, -0.05) is 18.2 Å². The third kappa shape index (κ3) is 2.67. The van der Waals surface area contributed by atoms with Gasteiger partial charge in [0, 0.05) is 16.7 Å². The number of hydrogen-bond acceptors (Lipinski definition) is 2. The molecule has 7 heteroatoms. The van der Waals surface area contributed by atoms with Crippen LogP contribution in [0.4, 0.5) is 17.6 Å². The fraction of sp³-hybridized carbons (Fsp3) is 0.188. The molecule has 1 atom stereocenters. The maximum atomic E-state index is 13.7. The molecule has 0 bridgehead atoms. The van der Waals surface area contributed by atoms with Gasteiger partial charge in [0.2, 0.25) is 0 Å². The molecule has 2 aromatic rings. The monoisotopic (exact) mass is 344 g/mol. The third-order valence-electron chi connectivity index (χ3n) is 3.64. The Hall–Kier alpha value is -2.08. The fourth-order valence-corrected chi connectivity index (χ4v) is 2.79. The van der Waals surface area contributed by atoms with Crippen molar-refractivity contribution in [2.75, 3.05) is 0 Å². The van der Waals surface area contributed by atoms with E-state index in [9.17, 15) is 22.4 Å². The van der Waals surface area contributed by atoms with Crippen molar-refractivity contribution in [3.63, 3.8) is 0 Å². The second-order valence-electron chi connectivity index (χ2n) is 5.03. The summed E-state index contributed by atoms with van der Waals surface area (Å²) in [4.78, 5) is 11.9. The van der Waals surface area contributed by atoms with Crippen LogP contribution in [0.25, 0.3) is 0 Å². The first-order valence-electron chi connectivity index (χ1n) is 6.58. The quantitative estimate of drug-likeness (QED) is 0.442. The van der Waals surface area contributed by atoms with E-state index < -0.39 is 29.6 Å². The summed E-state index contributed by atoms with van der Waals surface area (Å²) in [7, 11) is 0. The molecule has 0 saturated heterocycles. The van der Waals surface area contributed by atoms with E-state index in [-0.39, 0.29) is 28.1 Å². The summed E-state index contributed by atoms with van der Waals surface area (Å²) >= 11 is 5.62. The van der Waals surface area contributed by atoms with Crippen molar-refractivity contribution in [1.29, 1.82) is 0 Å². The topological polar surface area (TPSA) is 26.3 Å². The standard InChI is InChI=1S/C16H9ClF4O2/c17-7-8-5-10-11(6-13(8)18)15(22)23-14(10)9-3-1-2-4-12(9)16(19,20)21/h1-6,14H,7H2/t14-/m0/s1. The van der Waals surface area contributed by atoms with Gasteiger partial charge in [0.15, 0.2) is 6.10 Å². The van der Waals surface area contributed by atoms with Crippen molar-refractivity contribution in [2.45, 2.75) is 18.2 Å². The number of rotatable bonds is 2. The zero-order valence-electron chi connectivity index (χ0n) is 11.5. The second-order valence-corrected chi connectivity index (χ2v) is 5.30. The van der Waals surface area contributed by atoms with Gasteiger partial charge in [0.25, 0.3) is 0 Å². The largest absolute Gasteiger partial charge is 0.449 e. The van der Waals surface area contributed by atoms with Crippen molar-refractivity contribution in [3.05, 3.63) is 70.0 Å². The molecule has 23 heavy (non-hydrogen) atoms. The number of hydrogen-bond donors (Lipinski definition) is 0. The second kappa shape index (κ2) is 5.53. The zero-order chi connectivity index (χ0) is 16.8. The molecule has 0 spiro atoms. The predicted octanol–water partition coefficient (Wildman–Crippen LogP) is 4.84. The molecule has 0 aliphatic carbocycles. The molecule has 120 valence electrons. The Balaban J connectivity index is 2.18. The van der Waals surface area contributed by atoms with E-state index in [0.717, 1.165) is 12.1 Å². The number of halogens is 5. The van der Waals surface area contributed by atoms with Gasteiger partial charge in [0.1, 0.15) is 5.82 Å². The first kappa shape index (κ1) is 15.8. The first-order valence-corrected chi connectivity index (χ1v) is 7.11.